The van der Waals surface area contributed by atoms with E-state index in [0.29, 0.717) is 25.2 Å². The quantitative estimate of drug-likeness (QED) is 0.436. The van der Waals surface area contributed by atoms with E-state index in [1.165, 1.54) is 29.8 Å². The first-order valence-corrected chi connectivity index (χ1v) is 15.2. The molecule has 2 fully saturated rings. The second kappa shape index (κ2) is 15.1. The number of pyridine rings is 1. The Balaban J connectivity index is 0.000000244. The lowest BCUT2D eigenvalue weighted by molar-refractivity contribution is 0.0255. The van der Waals surface area contributed by atoms with Crippen molar-refractivity contribution in [2.75, 3.05) is 44.8 Å². The third-order valence-electron chi connectivity index (χ3n) is 6.58. The first-order chi connectivity index (χ1) is 19.7. The van der Waals surface area contributed by atoms with Crippen molar-refractivity contribution in [2.45, 2.75) is 52.3 Å². The zero-order valence-electron chi connectivity index (χ0n) is 23.9. The van der Waals surface area contributed by atoms with Crippen LogP contribution in [0.25, 0.3) is 5.65 Å². The Morgan fingerprint density at radius 2 is 1.83 bits per heavy atom. The summed E-state index contributed by atoms with van der Waals surface area (Å²) in [6, 6.07) is 9.66. The molecule has 0 radical (unpaired) electrons. The molecule has 10 nitrogen and oxygen atoms in total. The second-order valence-electron chi connectivity index (χ2n) is 9.32. The van der Waals surface area contributed by atoms with Crippen molar-refractivity contribution in [2.24, 2.45) is 0 Å². The highest BCUT2D eigenvalue weighted by Gasteiger charge is 2.25. The number of ether oxygens (including phenoxy) is 2. The van der Waals surface area contributed by atoms with E-state index in [1.54, 1.807) is 31.3 Å². The number of rotatable bonds is 7. The summed E-state index contributed by atoms with van der Waals surface area (Å²) < 4.78 is 65.5. The number of hydrogen-bond acceptors (Lipinski definition) is 7. The fourth-order valence-corrected chi connectivity index (χ4v) is 5.03. The Labute approximate surface area is 240 Å². The van der Waals surface area contributed by atoms with Gasteiger partial charge in [0, 0.05) is 45.7 Å². The van der Waals surface area contributed by atoms with E-state index in [9.17, 15) is 22.0 Å². The number of aromatic nitrogens is 2. The maximum Gasteiger partial charge on any atom is 0.303 e. The summed E-state index contributed by atoms with van der Waals surface area (Å²) in [4.78, 5) is 18.4. The van der Waals surface area contributed by atoms with Crippen molar-refractivity contribution in [3.8, 4) is 5.75 Å². The van der Waals surface area contributed by atoms with Gasteiger partial charge in [-0.3, -0.25) is 9.20 Å². The largest absolute Gasteiger partial charge is 0.490 e. The lowest BCUT2D eigenvalue weighted by Crippen LogP contribution is -2.41. The van der Waals surface area contributed by atoms with Crippen LogP contribution in [0.15, 0.2) is 48.8 Å². The van der Waals surface area contributed by atoms with Gasteiger partial charge < -0.3 is 14.4 Å². The normalized spacial score (nSPS) is 17.4. The third kappa shape index (κ3) is 8.85. The molecule has 2 aromatic heterocycles. The minimum atomic E-state index is -3.90. The van der Waals surface area contributed by atoms with Gasteiger partial charge >= 0.3 is 10.2 Å². The van der Waals surface area contributed by atoms with E-state index < -0.39 is 22.3 Å². The van der Waals surface area contributed by atoms with Gasteiger partial charge in [0.2, 0.25) is 0 Å². The number of halogens is 2. The molecular formula is C28H39F2N5O5S. The van der Waals surface area contributed by atoms with E-state index in [-0.39, 0.29) is 24.2 Å². The summed E-state index contributed by atoms with van der Waals surface area (Å²) in [6.45, 7) is 8.31. The summed E-state index contributed by atoms with van der Waals surface area (Å²) in [5.41, 5.74) is 1.36. The van der Waals surface area contributed by atoms with Crippen LogP contribution in [-0.2, 0) is 14.9 Å². The summed E-state index contributed by atoms with van der Waals surface area (Å²) in [5, 5.41) is 0. The van der Waals surface area contributed by atoms with Gasteiger partial charge in [-0.15, -0.1) is 0 Å². The van der Waals surface area contributed by atoms with Crippen LogP contribution in [0, 0.1) is 5.82 Å². The number of benzene rings is 1. The van der Waals surface area contributed by atoms with E-state index in [4.69, 9.17) is 9.47 Å². The molecule has 226 valence electrons. The van der Waals surface area contributed by atoms with Gasteiger partial charge in [0.15, 0.2) is 0 Å². The Kier molecular flexibility index (Phi) is 11.9. The average Bonchev–Trinajstić information content (AvgIpc) is 3.61. The molecular weight excluding hydrogens is 556 g/mol. The predicted molar refractivity (Wildman–Crippen MR) is 154 cm³/mol. The van der Waals surface area contributed by atoms with Crippen LogP contribution in [-0.4, -0.2) is 80.2 Å². The zero-order valence-corrected chi connectivity index (χ0v) is 24.7. The van der Waals surface area contributed by atoms with Crippen molar-refractivity contribution < 1.29 is 31.5 Å². The summed E-state index contributed by atoms with van der Waals surface area (Å²) in [5.74, 6) is -0.266. The van der Waals surface area contributed by atoms with E-state index in [0.717, 1.165) is 41.8 Å². The minimum absolute atomic E-state index is 0.0981. The van der Waals surface area contributed by atoms with Crippen LogP contribution in [0.2, 0.25) is 0 Å². The molecule has 0 bridgehead atoms. The SMILES string of the molecule is CC.CCN(C)S(=O)(=O)NC(=O)c1cnc2ccc(N3CCC(F)C3)cn12.Fc1ccc(OC2CCOCC2)cc1. The molecule has 0 saturated carbocycles. The Bertz CT molecular complexity index is 1360. The van der Waals surface area contributed by atoms with Crippen LogP contribution in [0.5, 0.6) is 5.75 Å². The Morgan fingerprint density at radius 1 is 1.15 bits per heavy atom. The number of fused-ring (bicyclic) bond motifs is 1. The van der Waals surface area contributed by atoms with Crippen molar-refractivity contribution in [1.82, 2.24) is 18.4 Å². The molecule has 1 atom stereocenters. The van der Waals surface area contributed by atoms with Gasteiger partial charge in [-0.2, -0.15) is 12.7 Å². The van der Waals surface area contributed by atoms with Crippen LogP contribution in [0.3, 0.4) is 0 Å². The number of amides is 1. The molecule has 41 heavy (non-hydrogen) atoms. The molecule has 1 aromatic carbocycles. The molecule has 2 aliphatic heterocycles. The number of nitrogens with one attached hydrogen (secondary N) is 1. The van der Waals surface area contributed by atoms with E-state index in [1.807, 2.05) is 29.5 Å². The number of alkyl halides is 1. The minimum Gasteiger partial charge on any atom is -0.490 e. The smallest absolute Gasteiger partial charge is 0.303 e. The number of hydrogen-bond donors (Lipinski definition) is 1. The molecule has 1 amide bonds. The third-order valence-corrected chi connectivity index (χ3v) is 8.10. The van der Waals surface area contributed by atoms with Crippen molar-refractivity contribution >= 4 is 27.5 Å². The fraction of sp³-hybridized carbons (Fsp3) is 0.500. The lowest BCUT2D eigenvalue weighted by atomic mass is 10.1. The summed E-state index contributed by atoms with van der Waals surface area (Å²) >= 11 is 0. The average molecular weight is 596 g/mol. The topological polar surface area (TPSA) is 105 Å². The number of carbonyl (C=O) groups excluding carboxylic acids is 1. The summed E-state index contributed by atoms with van der Waals surface area (Å²) in [7, 11) is -2.53. The molecule has 13 heteroatoms. The van der Waals surface area contributed by atoms with Crippen molar-refractivity contribution in [3.05, 3.63) is 60.3 Å². The van der Waals surface area contributed by atoms with Gasteiger partial charge in [-0.05, 0) is 42.8 Å². The van der Waals surface area contributed by atoms with E-state index >= 15 is 0 Å². The van der Waals surface area contributed by atoms with Gasteiger partial charge in [0.25, 0.3) is 5.91 Å². The van der Waals surface area contributed by atoms with Gasteiger partial charge in [0.05, 0.1) is 25.1 Å². The monoisotopic (exact) mass is 595 g/mol. The standard InChI is InChI=1S/C15H20FN5O3S.C11H13FO2.C2H6/c1-3-19(2)25(23,24)18-15(22)13-8-17-14-5-4-12(10-21(13)14)20-7-6-11(16)9-20;12-9-1-3-10(4-2-9)14-11-5-7-13-8-6-11;1-2/h4-5,8,10-11H,3,6-7,9H2,1-2H3,(H,18,22);1-4,11H,5-8H2;1-2H3. The fourth-order valence-electron chi connectivity index (χ4n) is 4.19. The first-order valence-electron chi connectivity index (χ1n) is 13.8. The number of imidazole rings is 1. The molecule has 2 aliphatic rings. The molecule has 2 saturated heterocycles. The van der Waals surface area contributed by atoms with Crippen LogP contribution < -0.4 is 14.4 Å². The van der Waals surface area contributed by atoms with Crippen molar-refractivity contribution in [1.29, 1.82) is 0 Å². The highest BCUT2D eigenvalue weighted by Crippen LogP contribution is 2.23. The summed E-state index contributed by atoms with van der Waals surface area (Å²) in [6.07, 6.45) is 4.64. The predicted octanol–water partition coefficient (Wildman–Crippen LogP) is 4.22. The van der Waals surface area contributed by atoms with Gasteiger partial charge in [0.1, 0.15) is 35.2 Å². The molecule has 0 aliphatic carbocycles. The van der Waals surface area contributed by atoms with E-state index in [2.05, 4.69) is 4.98 Å². The number of anilines is 1. The Morgan fingerprint density at radius 3 is 2.44 bits per heavy atom. The number of nitrogens with zero attached hydrogens (tertiary/aromatic N) is 4. The van der Waals surface area contributed by atoms with Gasteiger partial charge in [-0.25, -0.2) is 18.5 Å². The highest BCUT2D eigenvalue weighted by atomic mass is 32.2. The molecule has 4 heterocycles. The maximum absolute atomic E-state index is 13.4. The molecule has 3 aromatic rings. The van der Waals surface area contributed by atoms with Crippen LogP contribution in [0.4, 0.5) is 14.5 Å². The van der Waals surface area contributed by atoms with Gasteiger partial charge in [-0.1, -0.05) is 20.8 Å². The molecule has 1 unspecified atom stereocenters. The van der Waals surface area contributed by atoms with Crippen LogP contribution in [0.1, 0.15) is 50.5 Å². The molecule has 1 N–H and O–H groups in total. The maximum atomic E-state index is 13.4. The van der Waals surface area contributed by atoms with Crippen LogP contribution >= 0.6 is 0 Å². The lowest BCUT2D eigenvalue weighted by Gasteiger charge is -2.23. The van der Waals surface area contributed by atoms with Crippen molar-refractivity contribution in [3.63, 3.8) is 0 Å². The number of carbonyl (C=O) groups is 1. The molecule has 0 spiro atoms. The highest BCUT2D eigenvalue weighted by molar-refractivity contribution is 7.87. The zero-order chi connectivity index (χ0) is 30.0. The second-order valence-corrected chi connectivity index (χ2v) is 11.1. The first kappa shape index (κ1) is 32.2. The Hall–Kier alpha value is -3.29. The molecule has 5 rings (SSSR count).